The summed E-state index contributed by atoms with van der Waals surface area (Å²) in [6.45, 7) is 1.79. The molecule has 2 rings (SSSR count). The van der Waals surface area contributed by atoms with Crippen LogP contribution in [0.2, 0.25) is 0 Å². The molecule has 0 saturated heterocycles. The third kappa shape index (κ3) is 4.16. The maximum atomic E-state index is 11.8. The van der Waals surface area contributed by atoms with Crippen LogP contribution in [0.1, 0.15) is 15.9 Å². The largest absolute Gasteiger partial charge is 0.483 e. The van der Waals surface area contributed by atoms with Gasteiger partial charge in [0.25, 0.3) is 5.91 Å². The van der Waals surface area contributed by atoms with Crippen LogP contribution in [0.15, 0.2) is 46.9 Å². The minimum atomic E-state index is -0.280. The Morgan fingerprint density at radius 3 is 2.76 bits per heavy atom. The van der Waals surface area contributed by atoms with Gasteiger partial charge in [0.1, 0.15) is 5.75 Å². The molecule has 0 spiro atoms. The van der Waals surface area contributed by atoms with Gasteiger partial charge in [-0.15, -0.1) is 0 Å². The minimum absolute atomic E-state index is 0.153. The summed E-state index contributed by atoms with van der Waals surface area (Å²) in [6.07, 6.45) is 0.700. The minimum Gasteiger partial charge on any atom is -0.483 e. The number of carbonyl (C=O) groups is 2. The fourth-order valence-electron chi connectivity index (χ4n) is 1.77. The van der Waals surface area contributed by atoms with Gasteiger partial charge in [0.15, 0.2) is 12.9 Å². The van der Waals surface area contributed by atoms with Crippen LogP contribution in [0.5, 0.6) is 5.75 Å². The summed E-state index contributed by atoms with van der Waals surface area (Å²) in [7, 11) is 0. The van der Waals surface area contributed by atoms with Crippen molar-refractivity contribution in [2.24, 2.45) is 0 Å². The molecule has 1 N–H and O–H groups in total. The monoisotopic (exact) mass is 347 g/mol. The third-order valence-electron chi connectivity index (χ3n) is 2.85. The van der Waals surface area contributed by atoms with E-state index in [0.29, 0.717) is 23.3 Å². The van der Waals surface area contributed by atoms with Crippen molar-refractivity contribution < 1.29 is 14.3 Å². The Bertz CT molecular complexity index is 670. The van der Waals surface area contributed by atoms with E-state index >= 15 is 0 Å². The average molecular weight is 348 g/mol. The van der Waals surface area contributed by atoms with Gasteiger partial charge < -0.3 is 10.1 Å². The number of hydrogen-bond donors (Lipinski definition) is 1. The van der Waals surface area contributed by atoms with Gasteiger partial charge in [-0.25, -0.2) is 0 Å². The first-order valence-electron chi connectivity index (χ1n) is 6.33. The molecule has 0 fully saturated rings. The van der Waals surface area contributed by atoms with Gasteiger partial charge >= 0.3 is 0 Å². The number of ether oxygens (including phenoxy) is 1. The Hall–Kier alpha value is -2.14. The van der Waals surface area contributed by atoms with Gasteiger partial charge in [-0.05, 0) is 42.8 Å². The Balaban J connectivity index is 1.96. The molecule has 2 aromatic rings. The lowest BCUT2D eigenvalue weighted by Gasteiger charge is -2.09. The summed E-state index contributed by atoms with van der Waals surface area (Å²) in [5, 5.41) is 2.74. The number of aldehydes is 1. The second-order valence-corrected chi connectivity index (χ2v) is 5.31. The van der Waals surface area contributed by atoms with Crippen LogP contribution in [0, 0.1) is 6.92 Å². The van der Waals surface area contributed by atoms with Gasteiger partial charge in [-0.3, -0.25) is 9.59 Å². The van der Waals surface area contributed by atoms with Crippen LogP contribution < -0.4 is 10.1 Å². The number of halogens is 1. The second kappa shape index (κ2) is 7.04. The number of anilines is 1. The van der Waals surface area contributed by atoms with E-state index in [0.717, 1.165) is 10.0 Å². The number of benzene rings is 2. The Labute approximate surface area is 131 Å². The fraction of sp³-hybridized carbons (Fsp3) is 0.125. The fourth-order valence-corrected chi connectivity index (χ4v) is 2.02. The van der Waals surface area contributed by atoms with E-state index in [2.05, 4.69) is 21.2 Å². The predicted octanol–water partition coefficient (Wildman–Crippen LogP) is 3.59. The zero-order valence-electron chi connectivity index (χ0n) is 11.4. The zero-order chi connectivity index (χ0) is 15.2. The maximum absolute atomic E-state index is 11.8. The molecule has 1 amide bonds. The zero-order valence-corrected chi connectivity index (χ0v) is 13.0. The van der Waals surface area contributed by atoms with Crippen molar-refractivity contribution in [1.29, 1.82) is 0 Å². The molecule has 0 aliphatic rings. The molecule has 0 saturated carbocycles. The Morgan fingerprint density at radius 1 is 1.29 bits per heavy atom. The predicted molar refractivity (Wildman–Crippen MR) is 84.8 cm³/mol. The highest BCUT2D eigenvalue weighted by Gasteiger charge is 2.07. The number of rotatable bonds is 5. The van der Waals surface area contributed by atoms with Crippen LogP contribution in [-0.2, 0) is 4.79 Å². The van der Waals surface area contributed by atoms with Crippen LogP contribution in [0.25, 0.3) is 0 Å². The van der Waals surface area contributed by atoms with Crippen molar-refractivity contribution in [2.45, 2.75) is 6.92 Å². The highest BCUT2D eigenvalue weighted by Crippen LogP contribution is 2.20. The van der Waals surface area contributed by atoms with Crippen LogP contribution >= 0.6 is 15.9 Å². The Kier molecular flexibility index (Phi) is 5.11. The third-order valence-corrected chi connectivity index (χ3v) is 3.74. The van der Waals surface area contributed by atoms with Crippen molar-refractivity contribution in [1.82, 2.24) is 0 Å². The number of carbonyl (C=O) groups excluding carboxylic acids is 2. The smallest absolute Gasteiger partial charge is 0.262 e. The lowest BCUT2D eigenvalue weighted by atomic mass is 10.2. The summed E-state index contributed by atoms with van der Waals surface area (Å²) in [6, 6.07) is 12.3. The lowest BCUT2D eigenvalue weighted by Crippen LogP contribution is -2.20. The summed E-state index contributed by atoms with van der Waals surface area (Å²) >= 11 is 3.40. The number of nitrogens with one attached hydrogen (secondary N) is 1. The van der Waals surface area contributed by atoms with Gasteiger partial charge in [0.2, 0.25) is 0 Å². The first kappa shape index (κ1) is 15.3. The molecule has 21 heavy (non-hydrogen) atoms. The first-order chi connectivity index (χ1) is 10.1. The SMILES string of the molecule is Cc1cc(NC(=O)COc2ccccc2C=O)ccc1Br. The van der Waals surface area contributed by atoms with Crippen LogP contribution in [-0.4, -0.2) is 18.8 Å². The molecule has 0 aliphatic heterocycles. The van der Waals surface area contributed by atoms with E-state index in [1.807, 2.05) is 19.1 Å². The van der Waals surface area contributed by atoms with Crippen molar-refractivity contribution in [2.75, 3.05) is 11.9 Å². The normalized spacial score (nSPS) is 10.0. The summed E-state index contributed by atoms with van der Waals surface area (Å²) in [5.41, 5.74) is 2.15. The topological polar surface area (TPSA) is 55.4 Å². The molecule has 108 valence electrons. The molecule has 0 unspecified atom stereocenters. The molecule has 0 aliphatic carbocycles. The summed E-state index contributed by atoms with van der Waals surface area (Å²) in [5.74, 6) is 0.118. The molecule has 4 nitrogen and oxygen atoms in total. The second-order valence-electron chi connectivity index (χ2n) is 4.46. The van der Waals surface area contributed by atoms with E-state index in [4.69, 9.17) is 4.74 Å². The van der Waals surface area contributed by atoms with E-state index in [-0.39, 0.29) is 12.5 Å². The average Bonchev–Trinajstić information content (AvgIpc) is 2.49. The lowest BCUT2D eigenvalue weighted by molar-refractivity contribution is -0.118. The van der Waals surface area contributed by atoms with Crippen LogP contribution in [0.4, 0.5) is 5.69 Å². The highest BCUT2D eigenvalue weighted by molar-refractivity contribution is 9.10. The summed E-state index contributed by atoms with van der Waals surface area (Å²) in [4.78, 5) is 22.7. The van der Waals surface area contributed by atoms with E-state index < -0.39 is 0 Å². The molecule has 0 atom stereocenters. The molecule has 0 heterocycles. The molecule has 0 radical (unpaired) electrons. The van der Waals surface area contributed by atoms with Crippen LogP contribution in [0.3, 0.4) is 0 Å². The molecular weight excluding hydrogens is 334 g/mol. The molecular formula is C16H14BrNO3. The Morgan fingerprint density at radius 2 is 2.05 bits per heavy atom. The molecule has 5 heteroatoms. The molecule has 2 aromatic carbocycles. The van der Waals surface area contributed by atoms with Crippen molar-refractivity contribution in [3.05, 3.63) is 58.1 Å². The van der Waals surface area contributed by atoms with E-state index in [1.54, 1.807) is 30.3 Å². The number of para-hydroxylation sites is 1. The van der Waals surface area contributed by atoms with E-state index in [1.165, 1.54) is 0 Å². The van der Waals surface area contributed by atoms with E-state index in [9.17, 15) is 9.59 Å². The van der Waals surface area contributed by atoms with Gasteiger partial charge in [0, 0.05) is 10.2 Å². The highest BCUT2D eigenvalue weighted by atomic mass is 79.9. The van der Waals surface area contributed by atoms with Crippen molar-refractivity contribution >= 4 is 33.8 Å². The number of aryl methyl sites for hydroxylation is 1. The number of hydrogen-bond acceptors (Lipinski definition) is 3. The van der Waals surface area contributed by atoms with Gasteiger partial charge in [0.05, 0.1) is 5.56 Å². The number of amides is 1. The van der Waals surface area contributed by atoms with Gasteiger partial charge in [-0.2, -0.15) is 0 Å². The molecule has 0 bridgehead atoms. The quantitative estimate of drug-likeness (QED) is 0.841. The maximum Gasteiger partial charge on any atom is 0.262 e. The van der Waals surface area contributed by atoms with Crippen molar-refractivity contribution in [3.8, 4) is 5.75 Å². The van der Waals surface area contributed by atoms with Crippen molar-refractivity contribution in [3.63, 3.8) is 0 Å². The first-order valence-corrected chi connectivity index (χ1v) is 7.12. The standard InChI is InChI=1S/C16H14BrNO3/c1-11-8-13(6-7-14(11)17)18-16(20)10-21-15-5-3-2-4-12(15)9-19/h2-9H,10H2,1H3,(H,18,20). The van der Waals surface area contributed by atoms with Gasteiger partial charge in [-0.1, -0.05) is 28.1 Å². The molecule has 0 aromatic heterocycles. The summed E-state index contributed by atoms with van der Waals surface area (Å²) < 4.78 is 6.35.